The number of halogens is 3. The van der Waals surface area contributed by atoms with Crippen molar-refractivity contribution in [1.29, 1.82) is 5.26 Å². The van der Waals surface area contributed by atoms with Crippen LogP contribution in [0, 0.1) is 17.2 Å². The van der Waals surface area contributed by atoms with E-state index in [-0.39, 0.29) is 43.0 Å². The average Bonchev–Trinajstić information content (AvgIpc) is 2.86. The number of piperidine rings is 1. The number of benzene rings is 1. The number of nitrogens with one attached hydrogen (secondary N) is 1. The lowest BCUT2D eigenvalue weighted by Crippen LogP contribution is -2.46. The van der Waals surface area contributed by atoms with Crippen molar-refractivity contribution in [2.24, 2.45) is 5.92 Å². The summed E-state index contributed by atoms with van der Waals surface area (Å²) in [6.45, 7) is 2.22. The van der Waals surface area contributed by atoms with Crippen LogP contribution in [-0.4, -0.2) is 54.5 Å². The van der Waals surface area contributed by atoms with E-state index < -0.39 is 34.1 Å². The zero-order chi connectivity index (χ0) is 26.6. The predicted octanol–water partition coefficient (Wildman–Crippen LogP) is 4.27. The largest absolute Gasteiger partial charge is 0.462 e. The second-order valence-electron chi connectivity index (χ2n) is 8.70. The summed E-state index contributed by atoms with van der Waals surface area (Å²) in [5.74, 6) is -2.06. The molecule has 1 aliphatic heterocycles. The number of para-hydroxylation sites is 2. The first-order chi connectivity index (χ1) is 17.6. The maximum Gasteiger partial charge on any atom is 0.425 e. The van der Waals surface area contributed by atoms with Gasteiger partial charge in [0.15, 0.2) is 6.10 Å². The van der Waals surface area contributed by atoms with Crippen LogP contribution in [0.3, 0.4) is 0 Å². The lowest BCUT2D eigenvalue weighted by Gasteiger charge is -2.37. The minimum absolute atomic E-state index is 0.134. The Bertz CT molecular complexity index is 1400. The number of rotatable bonds is 8. The monoisotopic (exact) mass is 534 g/mol. The maximum absolute atomic E-state index is 14.3. The number of anilines is 2. The summed E-state index contributed by atoms with van der Waals surface area (Å²) in [5, 5.41) is 9.33. The normalized spacial score (nSPS) is 15.8. The third-order valence-electron chi connectivity index (χ3n) is 6.05. The van der Waals surface area contributed by atoms with Gasteiger partial charge in [-0.1, -0.05) is 19.1 Å². The molecule has 0 saturated carbocycles. The molecule has 3 aromatic rings. The standard InChI is InChI=1S/C24H25F3N6O3S/c1-2-13-37(34,35)32-22-23(31-19-6-4-3-5-18(19)30-22)36-21(24(25,26)27)16-8-11-33(12-9-16)20-7-10-29-15-17(20)14-28/h3-7,10,15-16,21H,2,8-9,11-13H2,1H3,(H,30,32). The molecular weight excluding hydrogens is 509 g/mol. The fourth-order valence-corrected chi connectivity index (χ4v) is 5.41. The first-order valence-electron chi connectivity index (χ1n) is 11.7. The van der Waals surface area contributed by atoms with Crippen molar-refractivity contribution < 1.29 is 26.3 Å². The van der Waals surface area contributed by atoms with Gasteiger partial charge in [0.25, 0.3) is 5.88 Å². The van der Waals surface area contributed by atoms with Crippen LogP contribution in [0.15, 0.2) is 42.7 Å². The molecule has 2 aromatic heterocycles. The first-order valence-corrected chi connectivity index (χ1v) is 13.4. The topological polar surface area (TPSA) is 121 Å². The van der Waals surface area contributed by atoms with Gasteiger partial charge in [-0.2, -0.15) is 18.4 Å². The van der Waals surface area contributed by atoms with Gasteiger partial charge in [-0.25, -0.2) is 18.4 Å². The summed E-state index contributed by atoms with van der Waals surface area (Å²) in [6.07, 6.45) is -3.45. The van der Waals surface area contributed by atoms with Crippen LogP contribution >= 0.6 is 0 Å². The molecule has 3 heterocycles. The summed E-state index contributed by atoms with van der Waals surface area (Å²) < 4.78 is 75.3. The number of nitriles is 1. The van der Waals surface area contributed by atoms with Crippen LogP contribution in [0.2, 0.25) is 0 Å². The number of nitrogens with zero attached hydrogens (tertiary/aromatic N) is 5. The number of alkyl halides is 3. The number of aromatic nitrogens is 3. The van der Waals surface area contributed by atoms with Crippen molar-refractivity contribution >= 4 is 32.6 Å². The van der Waals surface area contributed by atoms with E-state index in [0.717, 1.165) is 0 Å². The molecule has 0 radical (unpaired) electrons. The van der Waals surface area contributed by atoms with Gasteiger partial charge >= 0.3 is 6.18 Å². The van der Waals surface area contributed by atoms with Crippen LogP contribution in [0.1, 0.15) is 31.7 Å². The zero-order valence-corrected chi connectivity index (χ0v) is 20.8. The highest BCUT2D eigenvalue weighted by molar-refractivity contribution is 7.92. The number of sulfonamides is 1. The fraction of sp³-hybridized carbons (Fsp3) is 0.417. The van der Waals surface area contributed by atoms with Gasteiger partial charge in [-0.3, -0.25) is 9.71 Å². The van der Waals surface area contributed by atoms with Gasteiger partial charge in [0.1, 0.15) is 6.07 Å². The Morgan fingerprint density at radius 1 is 1.19 bits per heavy atom. The van der Waals surface area contributed by atoms with E-state index in [0.29, 0.717) is 23.2 Å². The quantitative estimate of drug-likeness (QED) is 0.455. The maximum atomic E-state index is 14.3. The van der Waals surface area contributed by atoms with Crippen molar-refractivity contribution in [3.8, 4) is 11.9 Å². The first kappa shape index (κ1) is 26.4. The van der Waals surface area contributed by atoms with E-state index in [4.69, 9.17) is 4.74 Å². The Morgan fingerprint density at radius 2 is 1.86 bits per heavy atom. The molecule has 1 unspecified atom stereocenters. The summed E-state index contributed by atoms with van der Waals surface area (Å²) in [5.41, 5.74) is 1.55. The van der Waals surface area contributed by atoms with Crippen LogP contribution < -0.4 is 14.4 Å². The molecule has 196 valence electrons. The smallest absolute Gasteiger partial charge is 0.425 e. The molecule has 0 aliphatic carbocycles. The Labute approximate surface area is 212 Å². The number of pyridine rings is 1. The van der Waals surface area contributed by atoms with E-state index >= 15 is 0 Å². The van der Waals surface area contributed by atoms with Gasteiger partial charge in [-0.05, 0) is 37.5 Å². The van der Waals surface area contributed by atoms with Crippen LogP contribution in [0.4, 0.5) is 24.7 Å². The predicted molar refractivity (Wildman–Crippen MR) is 132 cm³/mol. The molecule has 1 N–H and O–H groups in total. The molecule has 0 amide bonds. The molecule has 37 heavy (non-hydrogen) atoms. The molecular formula is C24H25F3N6O3S. The summed E-state index contributed by atoms with van der Waals surface area (Å²) in [7, 11) is -3.87. The fourth-order valence-electron chi connectivity index (χ4n) is 4.34. The van der Waals surface area contributed by atoms with E-state index in [2.05, 4.69) is 25.7 Å². The SMILES string of the molecule is CCCS(=O)(=O)Nc1nc2ccccc2nc1OC(C1CCN(c2ccncc2C#N)CC1)C(F)(F)F. The molecule has 0 bridgehead atoms. The van der Waals surface area contributed by atoms with E-state index in [1.807, 2.05) is 4.90 Å². The molecule has 4 rings (SSSR count). The van der Waals surface area contributed by atoms with Crippen molar-refractivity contribution in [2.45, 2.75) is 38.5 Å². The number of ether oxygens (including phenoxy) is 1. The highest BCUT2D eigenvalue weighted by atomic mass is 32.2. The van der Waals surface area contributed by atoms with E-state index in [9.17, 15) is 26.9 Å². The Morgan fingerprint density at radius 3 is 2.49 bits per heavy atom. The van der Waals surface area contributed by atoms with Gasteiger partial charge in [0, 0.05) is 31.4 Å². The van der Waals surface area contributed by atoms with Crippen molar-refractivity contribution in [2.75, 3.05) is 28.5 Å². The zero-order valence-electron chi connectivity index (χ0n) is 19.9. The van der Waals surface area contributed by atoms with Gasteiger partial charge in [0.2, 0.25) is 15.8 Å². The molecule has 13 heteroatoms. The molecule has 0 spiro atoms. The van der Waals surface area contributed by atoms with Gasteiger partial charge in [0.05, 0.1) is 28.0 Å². The van der Waals surface area contributed by atoms with Crippen molar-refractivity contribution in [3.05, 3.63) is 48.3 Å². The van der Waals surface area contributed by atoms with Crippen LogP contribution in [0.5, 0.6) is 5.88 Å². The van der Waals surface area contributed by atoms with Crippen LogP contribution in [0.25, 0.3) is 11.0 Å². The minimum Gasteiger partial charge on any atom is -0.462 e. The molecule has 1 aromatic carbocycles. The van der Waals surface area contributed by atoms with E-state index in [1.165, 1.54) is 12.4 Å². The Kier molecular flexibility index (Phi) is 7.68. The van der Waals surface area contributed by atoms with Crippen LogP contribution in [-0.2, 0) is 10.0 Å². The van der Waals surface area contributed by atoms with Gasteiger partial charge in [-0.15, -0.1) is 0 Å². The van der Waals surface area contributed by atoms with Crippen molar-refractivity contribution in [1.82, 2.24) is 15.0 Å². The molecule has 1 saturated heterocycles. The molecule has 1 atom stereocenters. The third-order valence-corrected chi connectivity index (χ3v) is 7.50. The summed E-state index contributed by atoms with van der Waals surface area (Å²) in [6, 6.07) is 10.2. The second kappa shape index (κ2) is 10.8. The number of fused-ring (bicyclic) bond motifs is 1. The lowest BCUT2D eigenvalue weighted by atomic mass is 9.90. The van der Waals surface area contributed by atoms with Crippen molar-refractivity contribution in [3.63, 3.8) is 0 Å². The summed E-state index contributed by atoms with van der Waals surface area (Å²) >= 11 is 0. The number of hydrogen-bond donors (Lipinski definition) is 1. The Balaban J connectivity index is 1.62. The van der Waals surface area contributed by atoms with Gasteiger partial charge < -0.3 is 9.64 Å². The molecule has 1 fully saturated rings. The number of hydrogen-bond acceptors (Lipinski definition) is 8. The molecule has 9 nitrogen and oxygen atoms in total. The Hall–Kier alpha value is -3.66. The highest BCUT2D eigenvalue weighted by Crippen LogP contribution is 2.38. The highest BCUT2D eigenvalue weighted by Gasteiger charge is 2.48. The lowest BCUT2D eigenvalue weighted by molar-refractivity contribution is -0.212. The average molecular weight is 535 g/mol. The minimum atomic E-state index is -4.74. The second-order valence-corrected chi connectivity index (χ2v) is 10.5. The molecule has 1 aliphatic rings. The third kappa shape index (κ3) is 6.19. The summed E-state index contributed by atoms with van der Waals surface area (Å²) in [4.78, 5) is 14.2. The van der Waals surface area contributed by atoms with E-state index in [1.54, 1.807) is 37.3 Å².